The Morgan fingerprint density at radius 2 is 2.19 bits per heavy atom. The number of nitrogens with zero attached hydrogens (tertiary/aromatic N) is 1. The maximum absolute atomic E-state index is 4.59. The summed E-state index contributed by atoms with van der Waals surface area (Å²) < 4.78 is 0. The van der Waals surface area contributed by atoms with Crippen LogP contribution in [0.5, 0.6) is 0 Å². The van der Waals surface area contributed by atoms with Crippen LogP contribution in [0.3, 0.4) is 0 Å². The fourth-order valence-electron chi connectivity index (χ4n) is 2.45. The third-order valence-electron chi connectivity index (χ3n) is 3.19. The molecular formula is C13H15N2P. The van der Waals surface area contributed by atoms with Crippen molar-refractivity contribution in [3.63, 3.8) is 0 Å². The quantitative estimate of drug-likeness (QED) is 0.691. The highest BCUT2D eigenvalue weighted by atomic mass is 31.0. The molecule has 3 rings (SSSR count). The van der Waals surface area contributed by atoms with Crippen molar-refractivity contribution in [1.82, 2.24) is 9.97 Å². The van der Waals surface area contributed by atoms with E-state index in [1.807, 2.05) is 0 Å². The maximum atomic E-state index is 4.59. The van der Waals surface area contributed by atoms with Crippen molar-refractivity contribution < 1.29 is 0 Å². The average molecular weight is 230 g/mol. The molecule has 2 aromatic rings. The summed E-state index contributed by atoms with van der Waals surface area (Å²) in [5.41, 5.74) is 7.46. The Balaban J connectivity index is 2.24. The Hall–Kier alpha value is -1.14. The van der Waals surface area contributed by atoms with Gasteiger partial charge in [0.25, 0.3) is 0 Å². The molecule has 0 fully saturated rings. The molecule has 1 aliphatic rings. The van der Waals surface area contributed by atoms with E-state index >= 15 is 0 Å². The predicted octanol–water partition coefficient (Wildman–Crippen LogP) is 2.37. The molecule has 1 aromatic carbocycles. The molecule has 0 saturated heterocycles. The van der Waals surface area contributed by atoms with Crippen molar-refractivity contribution in [2.75, 3.05) is 0 Å². The molecular weight excluding hydrogens is 215 g/mol. The van der Waals surface area contributed by atoms with E-state index in [4.69, 9.17) is 0 Å². The second kappa shape index (κ2) is 3.71. The molecule has 0 radical (unpaired) electrons. The van der Waals surface area contributed by atoms with Crippen LogP contribution in [0.25, 0.3) is 11.3 Å². The van der Waals surface area contributed by atoms with Crippen LogP contribution in [0.1, 0.15) is 23.2 Å². The highest BCUT2D eigenvalue weighted by Crippen LogP contribution is 2.30. The molecule has 0 bridgehead atoms. The standard InChI is InChI=1S/C13H15N2P/c1-8-5-6-10-9(7-8)3-2-4-11-12(10)15-13(16)14-11/h5-7H,2-4,16H2,1H3,(H,14,15). The first-order valence-electron chi connectivity index (χ1n) is 5.68. The normalized spacial score (nSPS) is 14.1. The van der Waals surface area contributed by atoms with Crippen LogP contribution in [0.4, 0.5) is 0 Å². The largest absolute Gasteiger partial charge is 0.342 e. The number of H-pyrrole nitrogens is 1. The van der Waals surface area contributed by atoms with Crippen molar-refractivity contribution in [2.45, 2.75) is 26.2 Å². The van der Waals surface area contributed by atoms with Gasteiger partial charge in [0.15, 0.2) is 0 Å². The summed E-state index contributed by atoms with van der Waals surface area (Å²) in [6.07, 6.45) is 3.47. The van der Waals surface area contributed by atoms with Gasteiger partial charge in [-0.25, -0.2) is 4.98 Å². The lowest BCUT2D eigenvalue weighted by Gasteiger charge is -2.05. The minimum atomic E-state index is 0.943. The second-order valence-corrected chi connectivity index (χ2v) is 5.01. The zero-order valence-electron chi connectivity index (χ0n) is 9.38. The number of imidazole rings is 1. The van der Waals surface area contributed by atoms with Gasteiger partial charge in [-0.15, -0.1) is 0 Å². The fourth-order valence-corrected chi connectivity index (χ4v) is 2.75. The van der Waals surface area contributed by atoms with Crippen LogP contribution in [-0.4, -0.2) is 9.97 Å². The number of nitrogens with one attached hydrogen (secondary N) is 1. The maximum Gasteiger partial charge on any atom is 0.123 e. The van der Waals surface area contributed by atoms with Crippen molar-refractivity contribution in [3.8, 4) is 11.3 Å². The van der Waals surface area contributed by atoms with E-state index in [2.05, 4.69) is 44.3 Å². The van der Waals surface area contributed by atoms with Gasteiger partial charge in [0.1, 0.15) is 5.57 Å². The van der Waals surface area contributed by atoms with E-state index < -0.39 is 0 Å². The van der Waals surface area contributed by atoms with Crippen LogP contribution in [-0.2, 0) is 12.8 Å². The Labute approximate surface area is 97.7 Å². The van der Waals surface area contributed by atoms with Crippen LogP contribution in [0, 0.1) is 6.92 Å². The summed E-state index contributed by atoms with van der Waals surface area (Å²) in [6.45, 7) is 2.15. The summed E-state index contributed by atoms with van der Waals surface area (Å²) in [4.78, 5) is 7.93. The van der Waals surface area contributed by atoms with Crippen LogP contribution in [0.15, 0.2) is 18.2 Å². The van der Waals surface area contributed by atoms with E-state index in [-0.39, 0.29) is 0 Å². The third kappa shape index (κ3) is 1.58. The number of aromatic nitrogens is 2. The van der Waals surface area contributed by atoms with Gasteiger partial charge in [0.05, 0.1) is 5.69 Å². The molecule has 0 saturated carbocycles. The van der Waals surface area contributed by atoms with Crippen molar-refractivity contribution in [3.05, 3.63) is 35.0 Å². The number of aromatic amines is 1. The van der Waals surface area contributed by atoms with Crippen LogP contribution in [0.2, 0.25) is 0 Å². The molecule has 0 aliphatic heterocycles. The van der Waals surface area contributed by atoms with E-state index in [0.29, 0.717) is 0 Å². The summed E-state index contributed by atoms with van der Waals surface area (Å²) in [5, 5.41) is 0. The highest BCUT2D eigenvalue weighted by molar-refractivity contribution is 7.26. The van der Waals surface area contributed by atoms with Gasteiger partial charge in [-0.3, -0.25) is 0 Å². The molecule has 1 aliphatic carbocycles. The molecule has 3 heteroatoms. The average Bonchev–Trinajstić information content (AvgIpc) is 2.52. The third-order valence-corrected chi connectivity index (χ3v) is 3.46. The fraction of sp³-hybridized carbons (Fsp3) is 0.308. The lowest BCUT2D eigenvalue weighted by molar-refractivity contribution is 0.819. The monoisotopic (exact) mass is 230 g/mol. The van der Waals surface area contributed by atoms with Gasteiger partial charge in [-0.2, -0.15) is 0 Å². The summed E-state index contributed by atoms with van der Waals surface area (Å²) in [6, 6.07) is 6.67. The minimum Gasteiger partial charge on any atom is -0.342 e. The second-order valence-electron chi connectivity index (χ2n) is 4.46. The van der Waals surface area contributed by atoms with Crippen molar-refractivity contribution in [2.24, 2.45) is 0 Å². The van der Waals surface area contributed by atoms with Gasteiger partial charge < -0.3 is 4.98 Å². The summed E-state index contributed by atoms with van der Waals surface area (Å²) in [5.74, 6) is 0. The number of rotatable bonds is 0. The smallest absolute Gasteiger partial charge is 0.123 e. The molecule has 1 atom stereocenters. The Morgan fingerprint density at radius 3 is 3.06 bits per heavy atom. The Bertz CT molecular complexity index is 543. The molecule has 0 spiro atoms. The highest BCUT2D eigenvalue weighted by Gasteiger charge is 2.17. The van der Waals surface area contributed by atoms with Gasteiger partial charge in [0, 0.05) is 11.3 Å². The molecule has 1 unspecified atom stereocenters. The molecule has 82 valence electrons. The lowest BCUT2D eigenvalue weighted by atomic mass is 10.0. The molecule has 0 amide bonds. The van der Waals surface area contributed by atoms with Crippen LogP contribution < -0.4 is 5.57 Å². The Kier molecular flexibility index (Phi) is 2.33. The first-order chi connectivity index (χ1) is 7.74. The number of hydrogen-bond donors (Lipinski definition) is 1. The number of benzene rings is 1. The zero-order chi connectivity index (χ0) is 11.1. The first kappa shape index (κ1) is 10.0. The van der Waals surface area contributed by atoms with Crippen molar-refractivity contribution >= 4 is 14.8 Å². The molecule has 16 heavy (non-hydrogen) atoms. The number of fused-ring (bicyclic) bond motifs is 3. The van der Waals surface area contributed by atoms with Gasteiger partial charge >= 0.3 is 0 Å². The Morgan fingerprint density at radius 1 is 1.31 bits per heavy atom. The van der Waals surface area contributed by atoms with Gasteiger partial charge in [-0.05, 0) is 31.7 Å². The summed E-state index contributed by atoms with van der Waals surface area (Å²) >= 11 is 0. The van der Waals surface area contributed by atoms with Gasteiger partial charge in [0.2, 0.25) is 0 Å². The van der Waals surface area contributed by atoms with E-state index in [1.165, 1.54) is 28.8 Å². The molecule has 1 heterocycles. The zero-order valence-corrected chi connectivity index (χ0v) is 10.5. The minimum absolute atomic E-state index is 0.943. The summed E-state index contributed by atoms with van der Waals surface area (Å²) in [7, 11) is 2.65. The van der Waals surface area contributed by atoms with Crippen LogP contribution >= 0.6 is 9.24 Å². The van der Waals surface area contributed by atoms with E-state index in [1.54, 1.807) is 0 Å². The molecule has 1 aromatic heterocycles. The predicted molar refractivity (Wildman–Crippen MR) is 70.1 cm³/mol. The lowest BCUT2D eigenvalue weighted by Crippen LogP contribution is -1.96. The van der Waals surface area contributed by atoms with Crippen molar-refractivity contribution in [1.29, 1.82) is 0 Å². The SMILES string of the molecule is Cc1ccc2c(c1)CCCc1[nH]c(P)nc1-2. The van der Waals surface area contributed by atoms with Gasteiger partial charge in [-0.1, -0.05) is 33.0 Å². The number of aryl methyl sites for hydroxylation is 3. The molecule has 2 nitrogen and oxygen atoms in total. The van der Waals surface area contributed by atoms with E-state index in [9.17, 15) is 0 Å². The number of hydrogen-bond acceptors (Lipinski definition) is 1. The van der Waals surface area contributed by atoms with E-state index in [0.717, 1.165) is 24.1 Å². The topological polar surface area (TPSA) is 28.7 Å². The first-order valence-corrected chi connectivity index (χ1v) is 6.26. The molecule has 1 N–H and O–H groups in total.